The van der Waals surface area contributed by atoms with E-state index >= 15 is 0 Å². The van der Waals surface area contributed by atoms with Crippen molar-refractivity contribution >= 4 is 11.6 Å². The second kappa shape index (κ2) is 6.25. The second-order valence-electron chi connectivity index (χ2n) is 6.04. The first-order valence-corrected chi connectivity index (χ1v) is 8.21. The average molecular weight is 328 g/mol. The molecule has 0 unspecified atom stereocenters. The lowest BCUT2D eigenvalue weighted by molar-refractivity contribution is 0.102. The van der Waals surface area contributed by atoms with Crippen molar-refractivity contribution < 1.29 is 4.79 Å². The van der Waals surface area contributed by atoms with Gasteiger partial charge >= 0.3 is 0 Å². The van der Waals surface area contributed by atoms with Crippen LogP contribution in [0, 0.1) is 11.3 Å². The smallest absolute Gasteiger partial charge is 0.255 e. The molecular weight excluding hydrogens is 312 g/mol. The standard InChI is InChI=1S/C20H16N4O/c21-12-14-4-1-6-16(10-14)20(25)23-17-7-2-5-15(11-17)18-13-22-19-8-3-9-24(18)19/h1-2,4-7,10-11,13H,3,8-9H2,(H,23,25). The molecule has 2 aromatic carbocycles. The van der Waals surface area contributed by atoms with Crippen LogP contribution in [-0.4, -0.2) is 15.5 Å². The lowest BCUT2D eigenvalue weighted by atomic mass is 10.1. The summed E-state index contributed by atoms with van der Waals surface area (Å²) < 4.78 is 2.23. The summed E-state index contributed by atoms with van der Waals surface area (Å²) in [5.74, 6) is 0.894. The molecule has 5 heteroatoms. The fourth-order valence-corrected chi connectivity index (χ4v) is 3.18. The summed E-state index contributed by atoms with van der Waals surface area (Å²) in [6.07, 6.45) is 4.04. The van der Waals surface area contributed by atoms with E-state index in [4.69, 9.17) is 5.26 Å². The Morgan fingerprint density at radius 2 is 2.08 bits per heavy atom. The summed E-state index contributed by atoms with van der Waals surface area (Å²) >= 11 is 0. The van der Waals surface area contributed by atoms with E-state index in [1.54, 1.807) is 24.3 Å². The van der Waals surface area contributed by atoms with E-state index in [0.717, 1.165) is 42.2 Å². The van der Waals surface area contributed by atoms with Crippen LogP contribution in [0.3, 0.4) is 0 Å². The number of carbonyl (C=O) groups is 1. The number of nitrogens with zero attached hydrogens (tertiary/aromatic N) is 3. The van der Waals surface area contributed by atoms with Crippen LogP contribution in [0.15, 0.2) is 54.7 Å². The van der Waals surface area contributed by atoms with Gasteiger partial charge in [-0.2, -0.15) is 5.26 Å². The number of amides is 1. The van der Waals surface area contributed by atoms with Gasteiger partial charge in [-0.05, 0) is 36.8 Å². The minimum absolute atomic E-state index is 0.229. The summed E-state index contributed by atoms with van der Waals surface area (Å²) in [7, 11) is 0. The van der Waals surface area contributed by atoms with Gasteiger partial charge in [0.1, 0.15) is 5.82 Å². The number of aromatic nitrogens is 2. The molecule has 1 N–H and O–H groups in total. The highest BCUT2D eigenvalue weighted by Crippen LogP contribution is 2.27. The van der Waals surface area contributed by atoms with Gasteiger partial charge in [-0.15, -0.1) is 0 Å². The zero-order chi connectivity index (χ0) is 17.2. The number of rotatable bonds is 3. The zero-order valence-corrected chi connectivity index (χ0v) is 13.6. The fourth-order valence-electron chi connectivity index (χ4n) is 3.18. The van der Waals surface area contributed by atoms with Crippen molar-refractivity contribution in [3.63, 3.8) is 0 Å². The topological polar surface area (TPSA) is 70.7 Å². The molecule has 3 aromatic rings. The van der Waals surface area contributed by atoms with Gasteiger partial charge in [0, 0.05) is 29.8 Å². The largest absolute Gasteiger partial charge is 0.328 e. The number of benzene rings is 2. The van der Waals surface area contributed by atoms with Crippen molar-refractivity contribution in [2.24, 2.45) is 0 Å². The first-order chi connectivity index (χ1) is 12.2. The van der Waals surface area contributed by atoms with E-state index in [0.29, 0.717) is 11.1 Å². The molecule has 0 fully saturated rings. The van der Waals surface area contributed by atoms with Gasteiger partial charge in [-0.25, -0.2) is 4.98 Å². The van der Waals surface area contributed by atoms with Gasteiger partial charge in [-0.1, -0.05) is 18.2 Å². The molecule has 5 nitrogen and oxygen atoms in total. The van der Waals surface area contributed by atoms with Crippen LogP contribution in [0.4, 0.5) is 5.69 Å². The van der Waals surface area contributed by atoms with Crippen LogP contribution < -0.4 is 5.32 Å². The van der Waals surface area contributed by atoms with Gasteiger partial charge in [0.05, 0.1) is 23.5 Å². The maximum atomic E-state index is 12.4. The number of fused-ring (bicyclic) bond motifs is 1. The highest BCUT2D eigenvalue weighted by molar-refractivity contribution is 6.04. The third kappa shape index (κ3) is 2.90. The van der Waals surface area contributed by atoms with Crippen molar-refractivity contribution in [2.75, 3.05) is 5.32 Å². The Hall–Kier alpha value is -3.39. The third-order valence-electron chi connectivity index (χ3n) is 4.39. The molecule has 1 aliphatic rings. The van der Waals surface area contributed by atoms with E-state index in [-0.39, 0.29) is 5.91 Å². The van der Waals surface area contributed by atoms with Gasteiger partial charge in [-0.3, -0.25) is 4.79 Å². The Bertz CT molecular complexity index is 997. The Morgan fingerprint density at radius 3 is 2.96 bits per heavy atom. The number of nitrogens with one attached hydrogen (secondary N) is 1. The number of aryl methyl sites for hydroxylation is 1. The quantitative estimate of drug-likeness (QED) is 0.798. The van der Waals surface area contributed by atoms with Crippen molar-refractivity contribution in [3.05, 3.63) is 71.7 Å². The summed E-state index contributed by atoms with van der Waals surface area (Å²) in [5, 5.41) is 11.9. The van der Waals surface area contributed by atoms with Gasteiger partial charge in [0.25, 0.3) is 5.91 Å². The zero-order valence-electron chi connectivity index (χ0n) is 13.6. The first-order valence-electron chi connectivity index (χ1n) is 8.21. The van der Waals surface area contributed by atoms with E-state index in [1.165, 1.54) is 0 Å². The summed E-state index contributed by atoms with van der Waals surface area (Å²) in [6.45, 7) is 0.988. The summed E-state index contributed by atoms with van der Waals surface area (Å²) in [4.78, 5) is 16.9. The van der Waals surface area contributed by atoms with Gasteiger partial charge in [0.2, 0.25) is 0 Å². The summed E-state index contributed by atoms with van der Waals surface area (Å²) in [5.41, 5.74) is 3.77. The van der Waals surface area contributed by atoms with Crippen LogP contribution in [-0.2, 0) is 13.0 Å². The number of carbonyl (C=O) groups excluding carboxylic acids is 1. The summed E-state index contributed by atoms with van der Waals surface area (Å²) in [6, 6.07) is 16.5. The van der Waals surface area contributed by atoms with Crippen molar-refractivity contribution in [2.45, 2.75) is 19.4 Å². The lowest BCUT2D eigenvalue weighted by Gasteiger charge is -2.09. The van der Waals surface area contributed by atoms with E-state index < -0.39 is 0 Å². The molecule has 0 atom stereocenters. The number of hydrogen-bond acceptors (Lipinski definition) is 3. The SMILES string of the molecule is N#Cc1cccc(C(=O)Nc2cccc(-c3cnc4n3CCC4)c2)c1. The van der Waals surface area contributed by atoms with Crippen LogP contribution in [0.25, 0.3) is 11.3 Å². The van der Waals surface area contributed by atoms with Crippen LogP contribution in [0.1, 0.15) is 28.2 Å². The maximum Gasteiger partial charge on any atom is 0.255 e. The van der Waals surface area contributed by atoms with Crippen molar-refractivity contribution in [1.82, 2.24) is 9.55 Å². The Balaban J connectivity index is 1.59. The lowest BCUT2D eigenvalue weighted by Crippen LogP contribution is -2.12. The fraction of sp³-hybridized carbons (Fsp3) is 0.150. The first kappa shape index (κ1) is 15.2. The molecule has 1 amide bonds. The van der Waals surface area contributed by atoms with Gasteiger partial charge < -0.3 is 9.88 Å². The van der Waals surface area contributed by atoms with Crippen LogP contribution in [0.5, 0.6) is 0 Å². The second-order valence-corrected chi connectivity index (χ2v) is 6.04. The number of imidazole rings is 1. The van der Waals surface area contributed by atoms with Crippen LogP contribution >= 0.6 is 0 Å². The van der Waals surface area contributed by atoms with Gasteiger partial charge in [0.15, 0.2) is 0 Å². The Labute approximate surface area is 145 Å². The minimum Gasteiger partial charge on any atom is -0.328 e. The predicted octanol–water partition coefficient (Wildman–Crippen LogP) is 3.62. The van der Waals surface area contributed by atoms with Crippen molar-refractivity contribution in [1.29, 1.82) is 5.26 Å². The minimum atomic E-state index is -0.229. The number of anilines is 1. The molecule has 4 rings (SSSR count). The molecule has 2 heterocycles. The van der Waals surface area contributed by atoms with E-state index in [9.17, 15) is 4.79 Å². The maximum absolute atomic E-state index is 12.4. The normalized spacial score (nSPS) is 12.4. The molecule has 0 aliphatic carbocycles. The molecule has 1 aromatic heterocycles. The number of nitriles is 1. The molecule has 0 bridgehead atoms. The molecule has 0 saturated heterocycles. The number of hydrogen-bond donors (Lipinski definition) is 1. The highest BCUT2D eigenvalue weighted by atomic mass is 16.1. The molecule has 1 aliphatic heterocycles. The van der Waals surface area contributed by atoms with Crippen molar-refractivity contribution in [3.8, 4) is 17.3 Å². The Morgan fingerprint density at radius 1 is 1.20 bits per heavy atom. The predicted molar refractivity (Wildman–Crippen MR) is 95.1 cm³/mol. The molecule has 0 saturated carbocycles. The molecule has 25 heavy (non-hydrogen) atoms. The molecular formula is C20H16N4O. The van der Waals surface area contributed by atoms with E-state index in [1.807, 2.05) is 36.5 Å². The monoisotopic (exact) mass is 328 g/mol. The third-order valence-corrected chi connectivity index (χ3v) is 4.39. The molecule has 0 radical (unpaired) electrons. The average Bonchev–Trinajstić information content (AvgIpc) is 3.25. The molecule has 122 valence electrons. The van der Waals surface area contributed by atoms with Crippen LogP contribution in [0.2, 0.25) is 0 Å². The Kier molecular flexibility index (Phi) is 3.79. The van der Waals surface area contributed by atoms with E-state index in [2.05, 4.69) is 14.9 Å². The molecule has 0 spiro atoms. The highest BCUT2D eigenvalue weighted by Gasteiger charge is 2.17.